The van der Waals surface area contributed by atoms with Crippen molar-refractivity contribution in [3.63, 3.8) is 0 Å². The van der Waals surface area contributed by atoms with Crippen LogP contribution in [0.4, 0.5) is 0 Å². The van der Waals surface area contributed by atoms with Crippen molar-refractivity contribution in [2.45, 2.75) is 6.10 Å². The molecule has 0 aliphatic rings. The van der Waals surface area contributed by atoms with Crippen LogP contribution in [0.5, 0.6) is 0 Å². The van der Waals surface area contributed by atoms with E-state index in [4.69, 9.17) is 0 Å². The highest BCUT2D eigenvalue weighted by molar-refractivity contribution is 5.95. The van der Waals surface area contributed by atoms with Gasteiger partial charge in [0.05, 0.1) is 13.1 Å². The van der Waals surface area contributed by atoms with E-state index in [0.29, 0.717) is 0 Å². The van der Waals surface area contributed by atoms with Gasteiger partial charge in [-0.2, -0.15) is 0 Å². The third kappa shape index (κ3) is 2.02. The molecule has 5 nitrogen and oxygen atoms in total. The highest BCUT2D eigenvalue weighted by atomic mass is 16.6. The molecule has 0 saturated heterocycles. The zero-order valence-electron chi connectivity index (χ0n) is 5.62. The van der Waals surface area contributed by atoms with E-state index in [9.17, 15) is 14.7 Å². The lowest BCUT2D eigenvalue weighted by atomic mass is 10.4. The summed E-state index contributed by atoms with van der Waals surface area (Å²) in [5.41, 5.74) is 0. The van der Waals surface area contributed by atoms with Crippen LogP contribution in [0, 0.1) is 0 Å². The van der Waals surface area contributed by atoms with Crippen LogP contribution in [-0.2, 0) is 19.1 Å². The molecular formula is C5H7O5-. The van der Waals surface area contributed by atoms with Gasteiger partial charge in [-0.15, -0.1) is 0 Å². The van der Waals surface area contributed by atoms with Crippen molar-refractivity contribution in [1.29, 1.82) is 0 Å². The molecule has 0 saturated carbocycles. The van der Waals surface area contributed by atoms with Gasteiger partial charge in [-0.1, -0.05) is 0 Å². The number of rotatable bonds is 3. The second kappa shape index (κ2) is 3.84. The minimum absolute atomic E-state index is 0.970. The van der Waals surface area contributed by atoms with Crippen molar-refractivity contribution >= 4 is 11.9 Å². The lowest BCUT2D eigenvalue weighted by Crippen LogP contribution is -2.42. The molecule has 1 atom stereocenters. The smallest absolute Gasteiger partial charge is 0.340 e. The molecule has 0 radical (unpaired) electrons. The van der Waals surface area contributed by atoms with Crippen molar-refractivity contribution in [3.05, 3.63) is 0 Å². The minimum Gasteiger partial charge on any atom is -0.547 e. The molecule has 0 aromatic heterocycles. The first-order valence-corrected chi connectivity index (χ1v) is 2.45. The number of carbonyl (C=O) groups is 2. The summed E-state index contributed by atoms with van der Waals surface area (Å²) >= 11 is 0. The van der Waals surface area contributed by atoms with Crippen LogP contribution >= 0.6 is 0 Å². The Morgan fingerprint density at radius 3 is 2.00 bits per heavy atom. The van der Waals surface area contributed by atoms with Crippen molar-refractivity contribution < 1.29 is 24.2 Å². The van der Waals surface area contributed by atoms with Gasteiger partial charge >= 0.3 is 5.97 Å². The Morgan fingerprint density at radius 1 is 1.40 bits per heavy atom. The SMILES string of the molecule is COC(=O)C(OC)C(=O)[O-]. The van der Waals surface area contributed by atoms with Crippen LogP contribution in [0.1, 0.15) is 0 Å². The number of esters is 1. The number of carboxylic acid groups (broad SMARTS) is 1. The molecule has 0 amide bonds. The number of aliphatic carboxylic acids is 1. The molecule has 0 aliphatic heterocycles. The standard InChI is InChI=1S/C5H8O5/c1-9-3(4(6)7)5(8)10-2/h3H,1-2H3,(H,6,7)/p-1. The average molecular weight is 147 g/mol. The Labute approximate surface area is 57.5 Å². The maximum Gasteiger partial charge on any atom is 0.340 e. The first-order valence-electron chi connectivity index (χ1n) is 2.45. The number of ether oxygens (including phenoxy) is 2. The van der Waals surface area contributed by atoms with E-state index in [1.165, 1.54) is 0 Å². The van der Waals surface area contributed by atoms with Crippen LogP contribution in [-0.4, -0.2) is 32.3 Å². The second-order valence-electron chi connectivity index (χ2n) is 1.46. The molecule has 1 unspecified atom stereocenters. The number of carbonyl (C=O) groups excluding carboxylic acids is 2. The number of carboxylic acids is 1. The Morgan fingerprint density at radius 2 is 1.90 bits per heavy atom. The van der Waals surface area contributed by atoms with Gasteiger partial charge in [0.2, 0.25) is 0 Å². The summed E-state index contributed by atoms with van der Waals surface area (Å²) in [7, 11) is 2.15. The van der Waals surface area contributed by atoms with E-state index in [1.54, 1.807) is 0 Å². The van der Waals surface area contributed by atoms with Crippen LogP contribution in [0.3, 0.4) is 0 Å². The largest absolute Gasteiger partial charge is 0.547 e. The zero-order valence-corrected chi connectivity index (χ0v) is 5.62. The molecule has 10 heavy (non-hydrogen) atoms. The van der Waals surface area contributed by atoms with Crippen molar-refractivity contribution in [3.8, 4) is 0 Å². The highest BCUT2D eigenvalue weighted by Crippen LogP contribution is 1.90. The van der Waals surface area contributed by atoms with Gasteiger partial charge in [-0.3, -0.25) is 0 Å². The van der Waals surface area contributed by atoms with Crippen LogP contribution in [0.2, 0.25) is 0 Å². The van der Waals surface area contributed by atoms with E-state index in [0.717, 1.165) is 14.2 Å². The van der Waals surface area contributed by atoms with E-state index in [1.807, 2.05) is 0 Å². The molecule has 58 valence electrons. The second-order valence-corrected chi connectivity index (χ2v) is 1.46. The molecule has 0 heterocycles. The molecule has 0 spiro atoms. The van der Waals surface area contributed by atoms with Gasteiger partial charge in [-0.25, -0.2) is 4.79 Å². The number of hydrogen-bond acceptors (Lipinski definition) is 5. The molecular weight excluding hydrogens is 140 g/mol. The average Bonchev–Trinajstić information content (AvgIpc) is 1.88. The fourth-order valence-corrected chi connectivity index (χ4v) is 0.396. The minimum atomic E-state index is -1.62. The lowest BCUT2D eigenvalue weighted by Gasteiger charge is -2.12. The Balaban J connectivity index is 4.06. The van der Waals surface area contributed by atoms with Crippen molar-refractivity contribution in [1.82, 2.24) is 0 Å². The first-order chi connectivity index (χ1) is 4.63. The summed E-state index contributed by atoms with van der Waals surface area (Å²) in [6.45, 7) is 0. The summed E-state index contributed by atoms with van der Waals surface area (Å²) in [6.07, 6.45) is -1.62. The summed E-state index contributed by atoms with van der Waals surface area (Å²) in [4.78, 5) is 20.4. The lowest BCUT2D eigenvalue weighted by molar-refractivity contribution is -0.314. The van der Waals surface area contributed by atoms with Gasteiger partial charge in [-0.05, 0) is 0 Å². The van der Waals surface area contributed by atoms with Crippen LogP contribution in [0.25, 0.3) is 0 Å². The predicted octanol–water partition coefficient (Wildman–Crippen LogP) is -2.08. The third-order valence-electron chi connectivity index (χ3n) is 0.865. The molecule has 0 bridgehead atoms. The first kappa shape index (κ1) is 8.90. The predicted molar refractivity (Wildman–Crippen MR) is 27.8 cm³/mol. The third-order valence-corrected chi connectivity index (χ3v) is 0.865. The van der Waals surface area contributed by atoms with Gasteiger partial charge in [0.25, 0.3) is 0 Å². The maximum absolute atomic E-state index is 10.4. The monoisotopic (exact) mass is 147 g/mol. The topological polar surface area (TPSA) is 75.7 Å². The van der Waals surface area contributed by atoms with Crippen molar-refractivity contribution in [2.24, 2.45) is 0 Å². The Hall–Kier alpha value is -1.10. The van der Waals surface area contributed by atoms with Gasteiger partial charge < -0.3 is 19.4 Å². The van der Waals surface area contributed by atoms with Crippen LogP contribution in [0.15, 0.2) is 0 Å². The van der Waals surface area contributed by atoms with E-state index >= 15 is 0 Å². The molecule has 0 fully saturated rings. The van der Waals surface area contributed by atoms with E-state index < -0.39 is 18.0 Å². The molecule has 0 aromatic carbocycles. The van der Waals surface area contributed by atoms with Crippen LogP contribution < -0.4 is 5.11 Å². The van der Waals surface area contributed by atoms with Crippen molar-refractivity contribution in [2.75, 3.05) is 14.2 Å². The molecule has 0 N–H and O–H groups in total. The van der Waals surface area contributed by atoms with Gasteiger partial charge in [0.1, 0.15) is 0 Å². The molecule has 0 rings (SSSR count). The summed E-state index contributed by atoms with van der Waals surface area (Å²) < 4.78 is 8.31. The number of methoxy groups -OCH3 is 2. The summed E-state index contributed by atoms with van der Waals surface area (Å²) in [6, 6.07) is 0. The fourth-order valence-electron chi connectivity index (χ4n) is 0.396. The van der Waals surface area contributed by atoms with Gasteiger partial charge in [0, 0.05) is 7.11 Å². The molecule has 0 aliphatic carbocycles. The normalized spacial score (nSPS) is 12.2. The molecule has 0 aromatic rings. The van der Waals surface area contributed by atoms with E-state index in [2.05, 4.69) is 9.47 Å². The number of hydrogen-bond donors (Lipinski definition) is 0. The quantitative estimate of drug-likeness (QED) is 0.338. The summed E-state index contributed by atoms with van der Waals surface area (Å²) in [5.74, 6) is -2.57. The molecule has 5 heteroatoms. The Bertz CT molecular complexity index is 141. The summed E-state index contributed by atoms with van der Waals surface area (Å²) in [5, 5.41) is 9.99. The fraction of sp³-hybridized carbons (Fsp3) is 0.600. The van der Waals surface area contributed by atoms with E-state index in [-0.39, 0.29) is 0 Å². The zero-order chi connectivity index (χ0) is 8.15. The maximum atomic E-state index is 10.4. The Kier molecular flexibility index (Phi) is 3.42. The van der Waals surface area contributed by atoms with Gasteiger partial charge in [0.15, 0.2) is 6.10 Å². The highest BCUT2D eigenvalue weighted by Gasteiger charge is 2.18.